The third-order valence-corrected chi connectivity index (χ3v) is 5.88. The highest BCUT2D eigenvalue weighted by atomic mass is 32.2. The van der Waals surface area contributed by atoms with Crippen LogP contribution >= 0.6 is 0 Å². The van der Waals surface area contributed by atoms with Gasteiger partial charge in [0.05, 0.1) is 18.9 Å². The molecule has 0 aliphatic carbocycles. The number of rotatable bonds is 7. The second kappa shape index (κ2) is 8.06. The Morgan fingerprint density at radius 2 is 1.61 bits per heavy atom. The van der Waals surface area contributed by atoms with Crippen LogP contribution < -0.4 is 9.47 Å². The lowest BCUT2D eigenvalue weighted by Gasteiger charge is -2.16. The molecule has 0 fully saturated rings. The molecule has 0 aliphatic rings. The second-order valence-corrected chi connectivity index (χ2v) is 8.09. The van der Waals surface area contributed by atoms with Gasteiger partial charge in [0.1, 0.15) is 16.4 Å². The lowest BCUT2D eigenvalue weighted by atomic mass is 10.2. The van der Waals surface area contributed by atoms with E-state index >= 15 is 0 Å². The molecule has 0 bridgehead atoms. The molecule has 28 heavy (non-hydrogen) atoms. The predicted molar refractivity (Wildman–Crippen MR) is 109 cm³/mol. The standard InChI is InChI=1S/C21H24N2O4S/c1-5-26-18-13-20(19(27-6-2)12-15(18)3)28(24,25)23-14-16(4)22-21(23)17-10-8-7-9-11-17/h7-14H,5-6H2,1-4H3. The van der Waals surface area contributed by atoms with Crippen molar-refractivity contribution in [3.8, 4) is 22.9 Å². The minimum absolute atomic E-state index is 0.0537. The van der Waals surface area contributed by atoms with Crippen LogP contribution in [-0.2, 0) is 10.0 Å². The molecule has 1 aromatic heterocycles. The normalized spacial score (nSPS) is 11.4. The lowest BCUT2D eigenvalue weighted by molar-refractivity contribution is 0.320. The fourth-order valence-electron chi connectivity index (χ4n) is 2.97. The van der Waals surface area contributed by atoms with Gasteiger partial charge in [0.2, 0.25) is 0 Å². The van der Waals surface area contributed by atoms with E-state index in [0.29, 0.717) is 41.8 Å². The minimum Gasteiger partial charge on any atom is -0.494 e. The van der Waals surface area contributed by atoms with Gasteiger partial charge in [0.25, 0.3) is 10.0 Å². The Bertz CT molecular complexity index is 1070. The van der Waals surface area contributed by atoms with Gasteiger partial charge in [0.15, 0.2) is 5.82 Å². The highest BCUT2D eigenvalue weighted by molar-refractivity contribution is 7.90. The van der Waals surface area contributed by atoms with Gasteiger partial charge in [-0.2, -0.15) is 0 Å². The largest absolute Gasteiger partial charge is 0.494 e. The van der Waals surface area contributed by atoms with Crippen LogP contribution in [0.25, 0.3) is 11.4 Å². The number of nitrogens with zero attached hydrogens (tertiary/aromatic N) is 2. The van der Waals surface area contributed by atoms with Crippen LogP contribution in [0.1, 0.15) is 25.1 Å². The highest BCUT2D eigenvalue weighted by Crippen LogP contribution is 2.35. The summed E-state index contributed by atoms with van der Waals surface area (Å²) in [5.41, 5.74) is 2.14. The molecule has 2 aromatic carbocycles. The maximum absolute atomic E-state index is 13.6. The Balaban J connectivity index is 2.23. The number of imidazole rings is 1. The van der Waals surface area contributed by atoms with E-state index in [1.54, 1.807) is 13.0 Å². The molecular formula is C21H24N2O4S. The summed E-state index contributed by atoms with van der Waals surface area (Å²) in [6.45, 7) is 8.09. The number of benzene rings is 2. The van der Waals surface area contributed by atoms with Gasteiger partial charge in [-0.25, -0.2) is 17.4 Å². The summed E-state index contributed by atoms with van der Waals surface area (Å²) in [6.07, 6.45) is 1.52. The monoisotopic (exact) mass is 400 g/mol. The summed E-state index contributed by atoms with van der Waals surface area (Å²) in [4.78, 5) is 4.49. The topological polar surface area (TPSA) is 70.4 Å². The molecule has 0 amide bonds. The molecule has 0 unspecified atom stereocenters. The second-order valence-electron chi connectivity index (χ2n) is 6.30. The number of aryl methyl sites for hydroxylation is 2. The fourth-order valence-corrected chi connectivity index (χ4v) is 4.47. The van der Waals surface area contributed by atoms with Gasteiger partial charge in [-0.15, -0.1) is 0 Å². The van der Waals surface area contributed by atoms with Crippen LogP contribution in [0.2, 0.25) is 0 Å². The molecule has 6 nitrogen and oxygen atoms in total. The van der Waals surface area contributed by atoms with Crippen LogP contribution in [-0.4, -0.2) is 30.6 Å². The first-order valence-electron chi connectivity index (χ1n) is 9.15. The molecule has 0 spiro atoms. The van der Waals surface area contributed by atoms with E-state index in [2.05, 4.69) is 4.98 Å². The Morgan fingerprint density at radius 1 is 0.964 bits per heavy atom. The summed E-state index contributed by atoms with van der Waals surface area (Å²) >= 11 is 0. The summed E-state index contributed by atoms with van der Waals surface area (Å²) < 4.78 is 39.7. The number of hydrogen-bond donors (Lipinski definition) is 0. The predicted octanol–water partition coefficient (Wildman–Crippen LogP) is 4.20. The van der Waals surface area contributed by atoms with Gasteiger partial charge in [0, 0.05) is 17.8 Å². The average Bonchev–Trinajstić information content (AvgIpc) is 3.07. The van der Waals surface area contributed by atoms with E-state index in [1.807, 2.05) is 51.1 Å². The maximum Gasteiger partial charge on any atom is 0.273 e. The molecule has 0 radical (unpaired) electrons. The molecular weight excluding hydrogens is 376 g/mol. The van der Waals surface area contributed by atoms with E-state index in [0.717, 1.165) is 5.56 Å². The van der Waals surface area contributed by atoms with Crippen molar-refractivity contribution in [2.24, 2.45) is 0 Å². The van der Waals surface area contributed by atoms with Crippen molar-refractivity contribution in [3.63, 3.8) is 0 Å². The van der Waals surface area contributed by atoms with Gasteiger partial charge in [-0.1, -0.05) is 30.3 Å². The van der Waals surface area contributed by atoms with Gasteiger partial charge in [-0.3, -0.25) is 0 Å². The van der Waals surface area contributed by atoms with Gasteiger partial charge < -0.3 is 9.47 Å². The van der Waals surface area contributed by atoms with Crippen LogP contribution in [0.5, 0.6) is 11.5 Å². The van der Waals surface area contributed by atoms with Crippen LogP contribution in [0.3, 0.4) is 0 Å². The summed E-state index contributed by atoms with van der Waals surface area (Å²) in [7, 11) is -3.96. The molecule has 0 N–H and O–H groups in total. The lowest BCUT2D eigenvalue weighted by Crippen LogP contribution is -2.15. The van der Waals surface area contributed by atoms with Crippen molar-refractivity contribution in [2.45, 2.75) is 32.6 Å². The molecule has 3 rings (SSSR count). The Labute approximate surface area is 165 Å². The minimum atomic E-state index is -3.96. The fraction of sp³-hybridized carbons (Fsp3) is 0.286. The molecule has 3 aromatic rings. The molecule has 148 valence electrons. The molecule has 1 heterocycles. The Morgan fingerprint density at radius 3 is 2.25 bits per heavy atom. The molecule has 0 saturated carbocycles. The SMILES string of the molecule is CCOc1cc(S(=O)(=O)n2cc(C)nc2-c2ccccc2)c(OCC)cc1C. The number of ether oxygens (including phenoxy) is 2. The summed E-state index contributed by atoms with van der Waals surface area (Å²) in [6, 6.07) is 12.5. The van der Waals surface area contributed by atoms with Gasteiger partial charge >= 0.3 is 0 Å². The zero-order valence-electron chi connectivity index (χ0n) is 16.5. The van der Waals surface area contributed by atoms with Crippen molar-refractivity contribution >= 4 is 10.0 Å². The van der Waals surface area contributed by atoms with Crippen molar-refractivity contribution in [2.75, 3.05) is 13.2 Å². The molecule has 0 atom stereocenters. The highest BCUT2D eigenvalue weighted by Gasteiger charge is 2.27. The smallest absolute Gasteiger partial charge is 0.273 e. The van der Waals surface area contributed by atoms with E-state index in [-0.39, 0.29) is 4.90 Å². The van der Waals surface area contributed by atoms with Gasteiger partial charge in [-0.05, 0) is 39.3 Å². The van der Waals surface area contributed by atoms with Crippen LogP contribution in [0, 0.1) is 13.8 Å². The number of aromatic nitrogens is 2. The molecule has 0 saturated heterocycles. The third-order valence-electron chi connectivity index (χ3n) is 4.20. The zero-order chi connectivity index (χ0) is 20.3. The average molecular weight is 401 g/mol. The van der Waals surface area contributed by atoms with Crippen molar-refractivity contribution in [1.82, 2.24) is 8.96 Å². The Hall–Kier alpha value is -2.80. The third kappa shape index (κ3) is 3.75. The summed E-state index contributed by atoms with van der Waals surface area (Å²) in [5.74, 6) is 1.18. The van der Waals surface area contributed by atoms with Crippen LogP contribution in [0.15, 0.2) is 53.6 Å². The first-order chi connectivity index (χ1) is 13.4. The van der Waals surface area contributed by atoms with Crippen molar-refractivity contribution in [3.05, 3.63) is 59.9 Å². The van der Waals surface area contributed by atoms with Crippen LogP contribution in [0.4, 0.5) is 0 Å². The molecule has 0 aliphatic heterocycles. The first kappa shape index (κ1) is 19.9. The first-order valence-corrected chi connectivity index (χ1v) is 10.6. The van der Waals surface area contributed by atoms with E-state index in [4.69, 9.17) is 9.47 Å². The number of hydrogen-bond acceptors (Lipinski definition) is 5. The summed E-state index contributed by atoms with van der Waals surface area (Å²) in [5, 5.41) is 0. The van der Waals surface area contributed by atoms with E-state index in [9.17, 15) is 8.42 Å². The van der Waals surface area contributed by atoms with Crippen molar-refractivity contribution < 1.29 is 17.9 Å². The molecule has 7 heteroatoms. The Kier molecular flexibility index (Phi) is 5.74. The van der Waals surface area contributed by atoms with Crippen molar-refractivity contribution in [1.29, 1.82) is 0 Å². The maximum atomic E-state index is 13.6. The van der Waals surface area contributed by atoms with E-state index < -0.39 is 10.0 Å². The zero-order valence-corrected chi connectivity index (χ0v) is 17.3. The van der Waals surface area contributed by atoms with E-state index in [1.165, 1.54) is 16.2 Å². The quantitative estimate of drug-likeness (QED) is 0.594.